The molecule has 0 spiro atoms. The average molecular weight is 164 g/mol. The first-order valence-corrected chi connectivity index (χ1v) is 4.19. The first-order chi connectivity index (χ1) is 5.90. The molecule has 1 aromatic rings. The minimum Gasteiger partial charge on any atom is -0.294 e. The predicted molar refractivity (Wildman–Crippen MR) is 45.1 cm³/mol. The Morgan fingerprint density at radius 2 is 2.50 bits per heavy atom. The van der Waals surface area contributed by atoms with Crippen LogP contribution in [-0.4, -0.2) is 16.6 Å². The van der Waals surface area contributed by atoms with Gasteiger partial charge in [0, 0.05) is 31.0 Å². The molecule has 0 fully saturated rings. The van der Waals surface area contributed by atoms with Gasteiger partial charge in [-0.1, -0.05) is 6.92 Å². The van der Waals surface area contributed by atoms with Crippen LogP contribution in [0.1, 0.15) is 18.1 Å². The lowest BCUT2D eigenvalue weighted by atomic mass is 10.1. The highest BCUT2D eigenvalue weighted by Crippen LogP contribution is 2.17. The van der Waals surface area contributed by atoms with Gasteiger partial charge in [0.15, 0.2) is 0 Å². The molecule has 1 aliphatic heterocycles. The molecule has 1 aliphatic rings. The molecule has 3 nitrogen and oxygen atoms in total. The van der Waals surface area contributed by atoms with Gasteiger partial charge < -0.3 is 0 Å². The van der Waals surface area contributed by atoms with Gasteiger partial charge in [0.1, 0.15) is 0 Å². The van der Waals surface area contributed by atoms with Crippen LogP contribution >= 0.6 is 0 Å². The number of nitrogens with zero attached hydrogens (tertiary/aromatic N) is 2. The van der Waals surface area contributed by atoms with Crippen LogP contribution in [0.25, 0.3) is 0 Å². The van der Waals surface area contributed by atoms with E-state index in [1.54, 1.807) is 0 Å². The summed E-state index contributed by atoms with van der Waals surface area (Å²) in [7, 11) is 0. The summed E-state index contributed by atoms with van der Waals surface area (Å²) in [4.78, 5) is 9.50. The number of hydrogen-bond acceptors (Lipinski definition) is 3. The van der Waals surface area contributed by atoms with Gasteiger partial charge in [0.25, 0.3) is 0 Å². The van der Waals surface area contributed by atoms with Gasteiger partial charge in [-0.15, -0.1) is 0 Å². The van der Waals surface area contributed by atoms with Gasteiger partial charge in [-0.05, 0) is 11.6 Å². The van der Waals surface area contributed by atoms with Gasteiger partial charge >= 0.3 is 0 Å². The van der Waals surface area contributed by atoms with E-state index in [4.69, 9.17) is 4.84 Å². The Hall–Kier alpha value is -0.930. The Morgan fingerprint density at radius 3 is 3.33 bits per heavy atom. The maximum absolute atomic E-state index is 5.45. The van der Waals surface area contributed by atoms with Crippen molar-refractivity contribution in [3.63, 3.8) is 0 Å². The highest BCUT2D eigenvalue weighted by atomic mass is 16.7. The molecule has 0 amide bonds. The molecule has 0 radical (unpaired) electrons. The third-order valence-corrected chi connectivity index (χ3v) is 2.11. The molecule has 1 aromatic heterocycles. The molecule has 0 bridgehead atoms. The van der Waals surface area contributed by atoms with Crippen LogP contribution in [0.5, 0.6) is 0 Å². The Morgan fingerprint density at radius 1 is 1.58 bits per heavy atom. The van der Waals surface area contributed by atoms with Crippen molar-refractivity contribution in [1.82, 2.24) is 10.0 Å². The van der Waals surface area contributed by atoms with E-state index < -0.39 is 0 Å². The van der Waals surface area contributed by atoms with Gasteiger partial charge in [-0.2, -0.15) is 5.06 Å². The zero-order chi connectivity index (χ0) is 8.39. The maximum Gasteiger partial charge on any atom is 0.0954 e. The van der Waals surface area contributed by atoms with Crippen LogP contribution in [0.2, 0.25) is 0 Å². The molecule has 0 saturated heterocycles. The Bertz CT molecular complexity index is 275. The number of pyridine rings is 1. The Labute approximate surface area is 71.9 Å². The Kier molecular flexibility index (Phi) is 2.06. The molecule has 0 saturated carbocycles. The van der Waals surface area contributed by atoms with E-state index in [0.717, 1.165) is 13.1 Å². The predicted octanol–water partition coefficient (Wildman–Crippen LogP) is 1.35. The normalized spacial score (nSPS) is 17.4. The van der Waals surface area contributed by atoms with Gasteiger partial charge in [-0.3, -0.25) is 9.82 Å². The average Bonchev–Trinajstić information content (AvgIpc) is 2.17. The van der Waals surface area contributed by atoms with Crippen molar-refractivity contribution in [2.24, 2.45) is 0 Å². The summed E-state index contributed by atoms with van der Waals surface area (Å²) in [6.45, 7) is 4.57. The maximum atomic E-state index is 5.45. The molecule has 0 unspecified atom stereocenters. The van der Waals surface area contributed by atoms with Crippen LogP contribution < -0.4 is 0 Å². The SMILES string of the molecule is CCN1Cc2ccncc2CO1. The first-order valence-electron chi connectivity index (χ1n) is 4.19. The molecular weight excluding hydrogens is 152 g/mol. The van der Waals surface area contributed by atoms with Crippen LogP contribution in [0.4, 0.5) is 0 Å². The lowest BCUT2D eigenvalue weighted by molar-refractivity contribution is -0.183. The van der Waals surface area contributed by atoms with E-state index in [-0.39, 0.29) is 0 Å². The van der Waals surface area contributed by atoms with E-state index in [1.165, 1.54) is 11.1 Å². The summed E-state index contributed by atoms with van der Waals surface area (Å²) >= 11 is 0. The molecule has 64 valence electrons. The summed E-state index contributed by atoms with van der Waals surface area (Å²) in [5.74, 6) is 0. The highest BCUT2D eigenvalue weighted by Gasteiger charge is 2.14. The van der Waals surface area contributed by atoms with Crippen molar-refractivity contribution in [3.05, 3.63) is 29.6 Å². The van der Waals surface area contributed by atoms with Gasteiger partial charge in [-0.25, -0.2) is 0 Å². The summed E-state index contributed by atoms with van der Waals surface area (Å²) < 4.78 is 0. The van der Waals surface area contributed by atoms with Gasteiger partial charge in [0.05, 0.1) is 6.61 Å². The third-order valence-electron chi connectivity index (χ3n) is 2.11. The summed E-state index contributed by atoms with van der Waals surface area (Å²) in [6.07, 6.45) is 3.71. The molecule has 0 N–H and O–H groups in total. The fourth-order valence-corrected chi connectivity index (χ4v) is 1.34. The smallest absolute Gasteiger partial charge is 0.0954 e. The lowest BCUT2D eigenvalue weighted by Crippen LogP contribution is -2.28. The summed E-state index contributed by atoms with van der Waals surface area (Å²) in [5.41, 5.74) is 2.54. The standard InChI is InChI=1S/C9H12N2O/c1-2-11-6-8-3-4-10-5-9(8)7-12-11/h3-5H,2,6-7H2,1H3. The Balaban J connectivity index is 2.23. The summed E-state index contributed by atoms with van der Waals surface area (Å²) in [5, 5.41) is 1.96. The number of fused-ring (bicyclic) bond motifs is 1. The molecule has 12 heavy (non-hydrogen) atoms. The summed E-state index contributed by atoms with van der Waals surface area (Å²) in [6, 6.07) is 2.06. The van der Waals surface area contributed by atoms with Crippen LogP contribution in [0.3, 0.4) is 0 Å². The fraction of sp³-hybridized carbons (Fsp3) is 0.444. The number of hydroxylamine groups is 2. The van der Waals surface area contributed by atoms with E-state index in [1.807, 2.05) is 17.5 Å². The number of rotatable bonds is 1. The monoisotopic (exact) mass is 164 g/mol. The zero-order valence-corrected chi connectivity index (χ0v) is 7.16. The minimum absolute atomic E-state index is 0.664. The van der Waals surface area contributed by atoms with E-state index in [2.05, 4.69) is 18.0 Å². The van der Waals surface area contributed by atoms with E-state index >= 15 is 0 Å². The molecule has 0 aromatic carbocycles. The van der Waals surface area contributed by atoms with Crippen LogP contribution in [-0.2, 0) is 18.0 Å². The number of hydrogen-bond donors (Lipinski definition) is 0. The molecule has 3 heteroatoms. The van der Waals surface area contributed by atoms with Crippen molar-refractivity contribution in [3.8, 4) is 0 Å². The molecule has 2 heterocycles. The topological polar surface area (TPSA) is 25.4 Å². The van der Waals surface area contributed by atoms with Crippen molar-refractivity contribution < 1.29 is 4.84 Å². The van der Waals surface area contributed by atoms with Crippen LogP contribution in [0, 0.1) is 0 Å². The quantitative estimate of drug-likeness (QED) is 0.626. The lowest BCUT2D eigenvalue weighted by Gasteiger charge is -2.26. The second-order valence-electron chi connectivity index (χ2n) is 2.87. The highest BCUT2D eigenvalue weighted by molar-refractivity contribution is 5.23. The third kappa shape index (κ3) is 1.33. The van der Waals surface area contributed by atoms with Crippen molar-refractivity contribution in [2.75, 3.05) is 6.54 Å². The number of aromatic nitrogens is 1. The van der Waals surface area contributed by atoms with Crippen molar-refractivity contribution in [2.45, 2.75) is 20.1 Å². The van der Waals surface area contributed by atoms with Gasteiger partial charge in [0.2, 0.25) is 0 Å². The van der Waals surface area contributed by atoms with E-state index in [0.29, 0.717) is 6.61 Å². The second kappa shape index (κ2) is 3.21. The first kappa shape index (κ1) is 7.71. The molecule has 2 rings (SSSR count). The molecular formula is C9H12N2O. The van der Waals surface area contributed by atoms with Crippen LogP contribution in [0.15, 0.2) is 18.5 Å². The second-order valence-corrected chi connectivity index (χ2v) is 2.87. The zero-order valence-electron chi connectivity index (χ0n) is 7.16. The molecule has 0 atom stereocenters. The van der Waals surface area contributed by atoms with Crippen molar-refractivity contribution >= 4 is 0 Å². The fourth-order valence-electron chi connectivity index (χ4n) is 1.34. The minimum atomic E-state index is 0.664. The van der Waals surface area contributed by atoms with E-state index in [9.17, 15) is 0 Å². The largest absolute Gasteiger partial charge is 0.294 e. The van der Waals surface area contributed by atoms with Crippen molar-refractivity contribution in [1.29, 1.82) is 0 Å². The molecule has 0 aliphatic carbocycles.